The maximum Gasteiger partial charge on any atom is 0.256 e. The number of likely N-dealkylation sites (tertiary alicyclic amines) is 1. The minimum absolute atomic E-state index is 0.0387. The molecule has 1 saturated heterocycles. The van der Waals surface area contributed by atoms with E-state index in [1.54, 1.807) is 12.1 Å². The number of halogens is 1. The third kappa shape index (κ3) is 2.90. The molecule has 23 heavy (non-hydrogen) atoms. The molecule has 1 atom stereocenters. The first-order valence-electron chi connectivity index (χ1n) is 8.18. The molecular weight excluding hydrogens is 291 g/mol. The number of piperidine rings is 1. The van der Waals surface area contributed by atoms with Crippen molar-refractivity contribution in [1.29, 1.82) is 0 Å². The van der Waals surface area contributed by atoms with Gasteiger partial charge in [0, 0.05) is 25.0 Å². The Labute approximate surface area is 136 Å². The van der Waals surface area contributed by atoms with Gasteiger partial charge in [0.15, 0.2) is 0 Å². The predicted octanol–water partition coefficient (Wildman–Crippen LogP) is 4.15. The first-order chi connectivity index (χ1) is 11.0. The van der Waals surface area contributed by atoms with Gasteiger partial charge in [-0.05, 0) is 56.9 Å². The van der Waals surface area contributed by atoms with Gasteiger partial charge < -0.3 is 9.47 Å². The Balaban J connectivity index is 1.93. The number of carbonyl (C=O) groups excluding carboxylic acids is 1. The van der Waals surface area contributed by atoms with Crippen LogP contribution in [-0.2, 0) is 7.05 Å². The van der Waals surface area contributed by atoms with Crippen molar-refractivity contribution in [3.05, 3.63) is 58.7 Å². The molecule has 1 amide bonds. The number of hydrogen-bond acceptors (Lipinski definition) is 1. The monoisotopic (exact) mass is 314 g/mol. The average Bonchev–Trinajstić information content (AvgIpc) is 2.82. The number of nitrogens with zero attached hydrogens (tertiary/aromatic N) is 2. The molecule has 2 aromatic rings. The van der Waals surface area contributed by atoms with E-state index in [4.69, 9.17) is 0 Å². The molecule has 1 aromatic carbocycles. The van der Waals surface area contributed by atoms with Gasteiger partial charge in [-0.25, -0.2) is 4.39 Å². The molecule has 3 rings (SSSR count). The maximum absolute atomic E-state index is 13.2. The van der Waals surface area contributed by atoms with Crippen molar-refractivity contribution in [1.82, 2.24) is 9.47 Å². The van der Waals surface area contributed by atoms with E-state index in [2.05, 4.69) is 0 Å². The van der Waals surface area contributed by atoms with Crippen LogP contribution in [0.2, 0.25) is 0 Å². The molecule has 0 aliphatic carbocycles. The fraction of sp³-hybridized carbons (Fsp3) is 0.421. The van der Waals surface area contributed by atoms with E-state index in [-0.39, 0.29) is 17.8 Å². The summed E-state index contributed by atoms with van der Waals surface area (Å²) in [5, 5.41) is 0. The Morgan fingerprint density at radius 1 is 1.17 bits per heavy atom. The fourth-order valence-electron chi connectivity index (χ4n) is 3.43. The standard InChI is InChI=1S/C19H23FN2O/c1-13-12-17(14(2)21(13)3)19(23)22-11-5-4-6-18(22)15-7-9-16(20)10-8-15/h7-10,12,18H,4-6,11H2,1-3H3. The van der Waals surface area contributed by atoms with E-state index >= 15 is 0 Å². The molecule has 122 valence electrons. The molecule has 1 aliphatic heterocycles. The fourth-order valence-corrected chi connectivity index (χ4v) is 3.43. The van der Waals surface area contributed by atoms with Crippen LogP contribution in [0.15, 0.2) is 30.3 Å². The van der Waals surface area contributed by atoms with Crippen LogP contribution in [0.25, 0.3) is 0 Å². The van der Waals surface area contributed by atoms with Crippen LogP contribution in [0, 0.1) is 19.7 Å². The van der Waals surface area contributed by atoms with Crippen molar-refractivity contribution < 1.29 is 9.18 Å². The molecule has 1 fully saturated rings. The quantitative estimate of drug-likeness (QED) is 0.817. The van der Waals surface area contributed by atoms with Gasteiger partial charge in [-0.1, -0.05) is 12.1 Å². The zero-order valence-electron chi connectivity index (χ0n) is 14.0. The molecule has 3 nitrogen and oxygen atoms in total. The number of aryl methyl sites for hydroxylation is 1. The van der Waals surface area contributed by atoms with Crippen molar-refractivity contribution in [2.75, 3.05) is 6.54 Å². The largest absolute Gasteiger partial charge is 0.351 e. The van der Waals surface area contributed by atoms with Gasteiger partial charge in [0.05, 0.1) is 11.6 Å². The molecule has 0 saturated carbocycles. The van der Waals surface area contributed by atoms with Crippen LogP contribution >= 0.6 is 0 Å². The molecule has 1 unspecified atom stereocenters. The summed E-state index contributed by atoms with van der Waals surface area (Å²) in [7, 11) is 1.98. The SMILES string of the molecule is Cc1cc(C(=O)N2CCCCC2c2ccc(F)cc2)c(C)n1C. The van der Waals surface area contributed by atoms with E-state index in [0.29, 0.717) is 0 Å². The third-order valence-electron chi connectivity index (χ3n) is 5.02. The highest BCUT2D eigenvalue weighted by Gasteiger charge is 2.30. The second-order valence-electron chi connectivity index (χ2n) is 6.41. The summed E-state index contributed by atoms with van der Waals surface area (Å²) in [5.41, 5.74) is 3.88. The van der Waals surface area contributed by atoms with Crippen LogP contribution < -0.4 is 0 Å². The van der Waals surface area contributed by atoms with E-state index < -0.39 is 0 Å². The summed E-state index contributed by atoms with van der Waals surface area (Å²) < 4.78 is 15.2. The number of rotatable bonds is 2. The van der Waals surface area contributed by atoms with Gasteiger partial charge in [0.1, 0.15) is 5.82 Å². The Hall–Kier alpha value is -2.10. The van der Waals surface area contributed by atoms with Crippen LogP contribution in [0.3, 0.4) is 0 Å². The molecule has 0 N–H and O–H groups in total. The van der Waals surface area contributed by atoms with E-state index in [0.717, 1.165) is 48.3 Å². The summed E-state index contributed by atoms with van der Waals surface area (Å²) in [4.78, 5) is 15.0. The Bertz CT molecular complexity index is 718. The van der Waals surface area contributed by atoms with Crippen molar-refractivity contribution >= 4 is 5.91 Å². The van der Waals surface area contributed by atoms with Gasteiger partial charge >= 0.3 is 0 Å². The summed E-state index contributed by atoms with van der Waals surface area (Å²) in [6.45, 7) is 4.75. The molecule has 1 aromatic heterocycles. The van der Waals surface area contributed by atoms with Gasteiger partial charge in [0.25, 0.3) is 5.91 Å². The summed E-state index contributed by atoms with van der Waals surface area (Å²) in [5.74, 6) is -0.155. The first kappa shape index (κ1) is 15.8. The Morgan fingerprint density at radius 2 is 1.87 bits per heavy atom. The van der Waals surface area contributed by atoms with Crippen molar-refractivity contribution in [2.24, 2.45) is 7.05 Å². The lowest BCUT2D eigenvalue weighted by atomic mass is 9.94. The molecular formula is C19H23FN2O. The van der Waals surface area contributed by atoms with Crippen LogP contribution in [0.1, 0.15) is 52.6 Å². The van der Waals surface area contributed by atoms with Gasteiger partial charge in [0.2, 0.25) is 0 Å². The summed E-state index contributed by atoms with van der Waals surface area (Å²) in [6, 6.07) is 8.56. The van der Waals surface area contributed by atoms with Crippen molar-refractivity contribution in [3.8, 4) is 0 Å². The average molecular weight is 314 g/mol. The molecule has 0 radical (unpaired) electrons. The van der Waals surface area contributed by atoms with Gasteiger partial charge in [-0.15, -0.1) is 0 Å². The molecule has 4 heteroatoms. The van der Waals surface area contributed by atoms with Gasteiger partial charge in [-0.3, -0.25) is 4.79 Å². The minimum Gasteiger partial charge on any atom is -0.351 e. The zero-order chi connectivity index (χ0) is 16.6. The number of carbonyl (C=O) groups is 1. The number of hydrogen-bond donors (Lipinski definition) is 0. The zero-order valence-corrected chi connectivity index (χ0v) is 14.0. The highest BCUT2D eigenvalue weighted by molar-refractivity contribution is 5.96. The second kappa shape index (κ2) is 6.19. The highest BCUT2D eigenvalue weighted by Crippen LogP contribution is 2.33. The van der Waals surface area contributed by atoms with Gasteiger partial charge in [-0.2, -0.15) is 0 Å². The molecule has 0 spiro atoms. The van der Waals surface area contributed by atoms with Crippen LogP contribution in [0.4, 0.5) is 4.39 Å². The molecule has 1 aliphatic rings. The van der Waals surface area contributed by atoms with Crippen LogP contribution in [0.5, 0.6) is 0 Å². The minimum atomic E-state index is -0.239. The number of aromatic nitrogens is 1. The highest BCUT2D eigenvalue weighted by atomic mass is 19.1. The van der Waals surface area contributed by atoms with E-state index in [9.17, 15) is 9.18 Å². The maximum atomic E-state index is 13.2. The smallest absolute Gasteiger partial charge is 0.256 e. The third-order valence-corrected chi connectivity index (χ3v) is 5.02. The van der Waals surface area contributed by atoms with E-state index in [1.165, 1.54) is 12.1 Å². The van der Waals surface area contributed by atoms with Crippen molar-refractivity contribution in [2.45, 2.75) is 39.2 Å². The topological polar surface area (TPSA) is 25.2 Å². The normalized spacial score (nSPS) is 18.3. The lowest BCUT2D eigenvalue weighted by Crippen LogP contribution is -2.38. The summed E-state index contributed by atoms with van der Waals surface area (Å²) in [6.07, 6.45) is 3.05. The second-order valence-corrected chi connectivity index (χ2v) is 6.41. The lowest BCUT2D eigenvalue weighted by molar-refractivity contribution is 0.0610. The summed E-state index contributed by atoms with van der Waals surface area (Å²) >= 11 is 0. The van der Waals surface area contributed by atoms with Crippen molar-refractivity contribution in [3.63, 3.8) is 0 Å². The molecule has 0 bridgehead atoms. The Morgan fingerprint density at radius 3 is 2.48 bits per heavy atom. The number of benzene rings is 1. The lowest BCUT2D eigenvalue weighted by Gasteiger charge is -2.36. The van der Waals surface area contributed by atoms with E-state index in [1.807, 2.05) is 36.4 Å². The molecule has 2 heterocycles. The van der Waals surface area contributed by atoms with Crippen LogP contribution in [-0.4, -0.2) is 21.9 Å². The Kier molecular flexibility index (Phi) is 4.24. The predicted molar refractivity (Wildman–Crippen MR) is 88.9 cm³/mol. The number of amides is 1. The first-order valence-corrected chi connectivity index (χ1v) is 8.18.